The highest BCUT2D eigenvalue weighted by molar-refractivity contribution is 5.66. The van der Waals surface area contributed by atoms with Gasteiger partial charge in [-0.25, -0.2) is 5.01 Å². The third kappa shape index (κ3) is 4.16. The van der Waals surface area contributed by atoms with E-state index in [0.29, 0.717) is 37.3 Å². The molecule has 6 saturated carbocycles. The molecule has 0 aromatic carbocycles. The van der Waals surface area contributed by atoms with Crippen LogP contribution in [0.15, 0.2) is 0 Å². The molecule has 266 valence electrons. The van der Waals surface area contributed by atoms with Crippen molar-refractivity contribution in [1.29, 1.82) is 0 Å². The summed E-state index contributed by atoms with van der Waals surface area (Å²) in [6.45, 7) is 16.2. The smallest absolute Gasteiger partial charge is 0.303 e. The Balaban J connectivity index is 1.10. The van der Waals surface area contributed by atoms with Crippen molar-refractivity contribution < 1.29 is 34.0 Å². The predicted octanol–water partition coefficient (Wildman–Crippen LogP) is 3.36. The lowest BCUT2D eigenvalue weighted by Gasteiger charge is -2.65. The van der Waals surface area contributed by atoms with Gasteiger partial charge in [0.15, 0.2) is 12.4 Å². The molecule has 2 spiro atoms. The van der Waals surface area contributed by atoms with Gasteiger partial charge in [0.2, 0.25) is 0 Å². The summed E-state index contributed by atoms with van der Waals surface area (Å²) < 4.78 is 25.4. The van der Waals surface area contributed by atoms with E-state index < -0.39 is 41.5 Å². The Morgan fingerprint density at radius 3 is 2.53 bits per heavy atom. The minimum absolute atomic E-state index is 0.00578. The summed E-state index contributed by atoms with van der Waals surface area (Å²) >= 11 is 0. The first-order valence-electron chi connectivity index (χ1n) is 18.7. The SMILES string of the molecule is CC(=O)O[C@@H](C1C[C@@H](C)[C@H]2C(O1)[C@H](O)[C@@]1(N)C3CCC45C6[C@@H]4C(CC[C@H](O[C@H]4CN(N)CCO4)C5(C)C)CC63CC[C@]21C)C(C)(C)O. The summed E-state index contributed by atoms with van der Waals surface area (Å²) in [5.41, 5.74) is 5.86. The molecule has 2 heterocycles. The molecule has 47 heavy (non-hydrogen) atoms. The summed E-state index contributed by atoms with van der Waals surface area (Å²) in [4.78, 5) is 12.1. The zero-order chi connectivity index (χ0) is 33.7. The maximum absolute atomic E-state index is 12.5. The Hall–Kier alpha value is -0.850. The van der Waals surface area contributed by atoms with Crippen molar-refractivity contribution in [3.05, 3.63) is 0 Å². The van der Waals surface area contributed by atoms with Crippen LogP contribution in [0.4, 0.5) is 0 Å². The Bertz CT molecular complexity index is 1290. The summed E-state index contributed by atoms with van der Waals surface area (Å²) in [5, 5.41) is 25.4. The van der Waals surface area contributed by atoms with Gasteiger partial charge in [-0.15, -0.1) is 0 Å². The minimum Gasteiger partial charge on any atom is -0.457 e. The van der Waals surface area contributed by atoms with E-state index in [1.165, 1.54) is 19.8 Å². The average Bonchev–Trinajstić information content (AvgIpc) is 3.54. The summed E-state index contributed by atoms with van der Waals surface area (Å²) in [6.07, 6.45) is 5.57. The lowest BCUT2D eigenvalue weighted by atomic mass is 9.41. The van der Waals surface area contributed by atoms with Crippen LogP contribution >= 0.6 is 0 Å². The molecule has 8 fully saturated rings. The standard InChI is InChI=1S/C37H61N3O7/c1-19-16-22(31(33(5,6)43)45-20(2)41)46-28-26(19)34(7)12-13-35-17-21-8-9-24(47-25-18-40(39)14-15-44-25)32(3,4)36(27(21)29(35)36)11-10-23(35)37(34,38)30(28)42/h19,21-31,42-43H,8-18,38-39H2,1-7H3/t19-,21?,22?,23?,24+,25+,26+,27+,28?,29?,30+,31+,34-,35?,36?,37+/m1/s1. The van der Waals surface area contributed by atoms with E-state index >= 15 is 0 Å². The Morgan fingerprint density at radius 2 is 1.85 bits per heavy atom. The van der Waals surface area contributed by atoms with Gasteiger partial charge >= 0.3 is 5.97 Å². The van der Waals surface area contributed by atoms with Crippen molar-refractivity contribution >= 4 is 5.97 Å². The highest BCUT2D eigenvalue weighted by atomic mass is 16.7. The normalized spacial score (nSPS) is 55.2. The number of nitrogens with zero attached hydrogens (tertiary/aromatic N) is 1. The van der Waals surface area contributed by atoms with Crippen molar-refractivity contribution in [3.8, 4) is 0 Å². The Morgan fingerprint density at radius 1 is 1.11 bits per heavy atom. The van der Waals surface area contributed by atoms with Crippen LogP contribution in [-0.2, 0) is 23.7 Å². The highest BCUT2D eigenvalue weighted by Crippen LogP contribution is 2.91. The molecule has 2 saturated heterocycles. The number of nitrogens with two attached hydrogens (primary N) is 2. The van der Waals surface area contributed by atoms with Crippen LogP contribution in [0.1, 0.15) is 99.8 Å². The second-order valence-electron chi connectivity index (χ2n) is 18.9. The zero-order valence-electron chi connectivity index (χ0n) is 29.7. The molecule has 0 aromatic rings. The number of fused-ring (bicyclic) bond motifs is 4. The minimum atomic E-state index is -1.28. The Kier molecular flexibility index (Phi) is 7.34. The number of morpholine rings is 1. The fourth-order valence-corrected chi connectivity index (χ4v) is 14.7. The molecule has 0 radical (unpaired) electrons. The van der Waals surface area contributed by atoms with Gasteiger partial charge in [-0.1, -0.05) is 27.7 Å². The molecule has 8 aliphatic rings. The lowest BCUT2D eigenvalue weighted by molar-refractivity contribution is -0.234. The molecule has 2 aliphatic heterocycles. The predicted molar refractivity (Wildman–Crippen MR) is 174 cm³/mol. The fourth-order valence-electron chi connectivity index (χ4n) is 14.7. The maximum atomic E-state index is 12.5. The van der Waals surface area contributed by atoms with E-state index in [4.69, 9.17) is 30.5 Å². The number of ether oxygens (including phenoxy) is 4. The second kappa shape index (κ2) is 10.4. The van der Waals surface area contributed by atoms with E-state index in [1.807, 2.05) is 5.01 Å². The molecule has 0 aromatic heterocycles. The molecule has 10 nitrogen and oxygen atoms in total. The molecule has 6 aliphatic carbocycles. The number of carbonyl (C=O) groups excluding carboxylic acids is 1. The van der Waals surface area contributed by atoms with Crippen molar-refractivity contribution in [2.24, 2.45) is 68.7 Å². The molecular formula is C37H61N3O7. The van der Waals surface area contributed by atoms with Crippen molar-refractivity contribution in [1.82, 2.24) is 5.01 Å². The average molecular weight is 660 g/mol. The fraction of sp³-hybridized carbons (Fsp3) is 0.973. The molecule has 16 atom stereocenters. The highest BCUT2D eigenvalue weighted by Gasteiger charge is 2.88. The molecule has 8 rings (SSSR count). The van der Waals surface area contributed by atoms with Crippen molar-refractivity contribution in [3.63, 3.8) is 0 Å². The van der Waals surface area contributed by atoms with Gasteiger partial charge < -0.3 is 34.9 Å². The van der Waals surface area contributed by atoms with Gasteiger partial charge in [-0.05, 0) is 122 Å². The number of esters is 1. The molecule has 0 amide bonds. The molecule has 0 bridgehead atoms. The van der Waals surface area contributed by atoms with Crippen LogP contribution in [0.2, 0.25) is 0 Å². The van der Waals surface area contributed by atoms with E-state index in [9.17, 15) is 15.0 Å². The van der Waals surface area contributed by atoms with E-state index in [2.05, 4.69) is 27.7 Å². The summed E-state index contributed by atoms with van der Waals surface area (Å²) in [7, 11) is 0. The van der Waals surface area contributed by atoms with Gasteiger partial charge in [0, 0.05) is 13.5 Å². The summed E-state index contributed by atoms with van der Waals surface area (Å²) in [6, 6.07) is 0. The second-order valence-corrected chi connectivity index (χ2v) is 18.9. The van der Waals surface area contributed by atoms with Crippen molar-refractivity contribution in [2.45, 2.75) is 148 Å². The third-order valence-corrected chi connectivity index (χ3v) is 16.3. The van der Waals surface area contributed by atoms with Gasteiger partial charge in [0.05, 0.1) is 48.7 Å². The van der Waals surface area contributed by atoms with Crippen LogP contribution in [0.5, 0.6) is 0 Å². The number of hydrogen-bond donors (Lipinski definition) is 4. The van der Waals surface area contributed by atoms with Crippen LogP contribution in [0.25, 0.3) is 0 Å². The quantitative estimate of drug-likeness (QED) is 0.256. The number of hydrogen-bond acceptors (Lipinski definition) is 10. The molecule has 6 N–H and O–H groups in total. The first-order valence-corrected chi connectivity index (χ1v) is 18.7. The number of aliphatic hydroxyl groups is 2. The van der Waals surface area contributed by atoms with Gasteiger partial charge in [-0.3, -0.25) is 10.6 Å². The van der Waals surface area contributed by atoms with Crippen LogP contribution < -0.4 is 11.6 Å². The number of rotatable bonds is 5. The monoisotopic (exact) mass is 659 g/mol. The van der Waals surface area contributed by atoms with E-state index in [0.717, 1.165) is 38.6 Å². The number of carbonyl (C=O) groups is 1. The lowest BCUT2D eigenvalue weighted by Crippen LogP contribution is -2.71. The third-order valence-electron chi connectivity index (χ3n) is 16.3. The number of aliphatic hydroxyl groups excluding tert-OH is 1. The van der Waals surface area contributed by atoms with Crippen molar-refractivity contribution in [2.75, 3.05) is 19.7 Å². The van der Waals surface area contributed by atoms with Crippen LogP contribution in [0.3, 0.4) is 0 Å². The van der Waals surface area contributed by atoms with E-state index in [-0.39, 0.29) is 51.8 Å². The largest absolute Gasteiger partial charge is 0.457 e. The van der Waals surface area contributed by atoms with E-state index in [1.54, 1.807) is 13.8 Å². The molecule has 7 unspecified atom stereocenters. The van der Waals surface area contributed by atoms with Crippen LogP contribution in [-0.4, -0.2) is 88.8 Å². The first kappa shape index (κ1) is 33.3. The number of hydrazine groups is 1. The van der Waals surface area contributed by atoms with Gasteiger partial charge in [-0.2, -0.15) is 0 Å². The maximum Gasteiger partial charge on any atom is 0.303 e. The van der Waals surface area contributed by atoms with Gasteiger partial charge in [0.1, 0.15) is 0 Å². The molecule has 10 heteroatoms. The van der Waals surface area contributed by atoms with Gasteiger partial charge in [0.25, 0.3) is 0 Å². The first-order chi connectivity index (χ1) is 21.9. The topological polar surface area (TPSA) is 150 Å². The Labute approximate surface area is 280 Å². The summed E-state index contributed by atoms with van der Waals surface area (Å²) in [5.74, 6) is 8.19. The zero-order valence-corrected chi connectivity index (χ0v) is 29.7. The molecular weight excluding hydrogens is 598 g/mol. The van der Waals surface area contributed by atoms with Crippen LogP contribution in [0, 0.1) is 57.2 Å².